The van der Waals surface area contributed by atoms with Crippen molar-refractivity contribution in [3.63, 3.8) is 0 Å². The predicted octanol–water partition coefficient (Wildman–Crippen LogP) is 2.56. The van der Waals surface area contributed by atoms with E-state index >= 15 is 0 Å². The highest BCUT2D eigenvalue weighted by Gasteiger charge is 2.53. The largest absolute Gasteiger partial charge is 0.327 e. The average Bonchev–Trinajstić information content (AvgIpc) is 2.38. The molecule has 4 saturated carbocycles. The minimum Gasteiger partial charge on any atom is -0.327 e. The van der Waals surface area contributed by atoms with Gasteiger partial charge in [-0.1, -0.05) is 0 Å². The maximum Gasteiger partial charge on any atom is 0.115 e. The standard InChI is InChI=1S/C16H23N3/c17-15(6-14-1-2-18-10-19-14)16-7-11-3-12(8-16)5-13(4-11)9-16/h1-2,10-13,15H,3-9,17H2. The lowest BCUT2D eigenvalue weighted by Gasteiger charge is -2.59. The minimum atomic E-state index is 0.288. The Kier molecular flexibility index (Phi) is 2.66. The molecule has 0 saturated heterocycles. The molecule has 3 nitrogen and oxygen atoms in total. The van der Waals surface area contributed by atoms with Crippen LogP contribution in [0.3, 0.4) is 0 Å². The number of nitrogens with zero attached hydrogens (tertiary/aromatic N) is 2. The maximum atomic E-state index is 6.64. The van der Waals surface area contributed by atoms with Gasteiger partial charge in [0.25, 0.3) is 0 Å². The first-order valence-corrected chi connectivity index (χ1v) is 7.74. The molecule has 0 spiro atoms. The molecule has 4 aliphatic carbocycles. The molecule has 1 aromatic heterocycles. The third-order valence-electron chi connectivity index (χ3n) is 5.94. The summed E-state index contributed by atoms with van der Waals surface area (Å²) >= 11 is 0. The molecule has 0 radical (unpaired) electrons. The van der Waals surface area contributed by atoms with E-state index in [1.54, 1.807) is 6.33 Å². The molecule has 1 atom stereocenters. The van der Waals surface area contributed by atoms with E-state index in [9.17, 15) is 0 Å². The van der Waals surface area contributed by atoms with Gasteiger partial charge < -0.3 is 5.73 Å². The Morgan fingerprint density at radius 2 is 1.79 bits per heavy atom. The van der Waals surface area contributed by atoms with Crippen molar-refractivity contribution in [2.45, 2.75) is 51.0 Å². The van der Waals surface area contributed by atoms with Crippen LogP contribution < -0.4 is 5.73 Å². The molecule has 0 aliphatic heterocycles. The van der Waals surface area contributed by atoms with Crippen molar-refractivity contribution in [1.82, 2.24) is 9.97 Å². The van der Waals surface area contributed by atoms with Gasteiger partial charge in [0.05, 0.1) is 0 Å². The highest BCUT2D eigenvalue weighted by atomic mass is 14.8. The fourth-order valence-corrected chi connectivity index (χ4v) is 5.51. The summed E-state index contributed by atoms with van der Waals surface area (Å²) in [6.07, 6.45) is 13.0. The average molecular weight is 257 g/mol. The van der Waals surface area contributed by atoms with Gasteiger partial charge in [-0.3, -0.25) is 0 Å². The second kappa shape index (κ2) is 4.27. The van der Waals surface area contributed by atoms with Crippen molar-refractivity contribution in [2.24, 2.45) is 28.9 Å². The highest BCUT2D eigenvalue weighted by Crippen LogP contribution is 2.61. The Morgan fingerprint density at radius 1 is 1.16 bits per heavy atom. The van der Waals surface area contributed by atoms with E-state index in [4.69, 9.17) is 5.73 Å². The highest BCUT2D eigenvalue weighted by molar-refractivity contribution is 5.09. The summed E-state index contributed by atoms with van der Waals surface area (Å²) in [6.45, 7) is 0. The Bertz CT molecular complexity index is 421. The lowest BCUT2D eigenvalue weighted by molar-refractivity contribution is -0.0669. The van der Waals surface area contributed by atoms with E-state index in [0.29, 0.717) is 5.41 Å². The summed E-state index contributed by atoms with van der Waals surface area (Å²) in [5, 5.41) is 0. The topological polar surface area (TPSA) is 51.8 Å². The summed E-state index contributed by atoms with van der Waals surface area (Å²) in [4.78, 5) is 8.35. The van der Waals surface area contributed by atoms with Crippen molar-refractivity contribution in [1.29, 1.82) is 0 Å². The zero-order chi connectivity index (χ0) is 12.9. The van der Waals surface area contributed by atoms with Crippen molar-refractivity contribution in [3.05, 3.63) is 24.3 Å². The van der Waals surface area contributed by atoms with Crippen LogP contribution in [0.5, 0.6) is 0 Å². The lowest BCUT2D eigenvalue weighted by atomic mass is 9.47. The van der Waals surface area contributed by atoms with Gasteiger partial charge in [0.1, 0.15) is 6.33 Å². The van der Waals surface area contributed by atoms with Gasteiger partial charge in [-0.2, -0.15) is 0 Å². The molecular weight excluding hydrogens is 234 g/mol. The molecule has 1 unspecified atom stereocenters. The van der Waals surface area contributed by atoms with E-state index < -0.39 is 0 Å². The number of rotatable bonds is 3. The molecule has 0 amide bonds. The summed E-state index contributed by atoms with van der Waals surface area (Å²) in [5.74, 6) is 2.92. The van der Waals surface area contributed by atoms with E-state index in [1.165, 1.54) is 38.5 Å². The van der Waals surface area contributed by atoms with Crippen molar-refractivity contribution < 1.29 is 0 Å². The Hall–Kier alpha value is -0.960. The van der Waals surface area contributed by atoms with Crippen LogP contribution in [0, 0.1) is 23.2 Å². The van der Waals surface area contributed by atoms with Crippen LogP contribution in [-0.4, -0.2) is 16.0 Å². The third kappa shape index (κ3) is 1.99. The smallest absolute Gasteiger partial charge is 0.115 e. The number of aromatic nitrogens is 2. The molecule has 4 aliphatic rings. The summed E-state index contributed by atoms with van der Waals surface area (Å²) < 4.78 is 0. The van der Waals surface area contributed by atoms with E-state index in [1.807, 2.05) is 12.3 Å². The molecular formula is C16H23N3. The molecule has 4 fully saturated rings. The molecule has 5 rings (SSSR count). The van der Waals surface area contributed by atoms with Gasteiger partial charge in [0, 0.05) is 24.4 Å². The van der Waals surface area contributed by atoms with Crippen LogP contribution in [-0.2, 0) is 6.42 Å². The Labute approximate surface area is 115 Å². The molecule has 0 aromatic carbocycles. The maximum absolute atomic E-state index is 6.64. The fourth-order valence-electron chi connectivity index (χ4n) is 5.51. The normalized spacial score (nSPS) is 41.4. The molecule has 19 heavy (non-hydrogen) atoms. The molecule has 3 heteroatoms. The first kappa shape index (κ1) is 11.8. The van der Waals surface area contributed by atoms with Gasteiger partial charge in [0.2, 0.25) is 0 Å². The van der Waals surface area contributed by atoms with Crippen molar-refractivity contribution in [3.8, 4) is 0 Å². The first-order valence-electron chi connectivity index (χ1n) is 7.74. The summed E-state index contributed by atoms with van der Waals surface area (Å²) in [7, 11) is 0. The molecule has 2 N–H and O–H groups in total. The number of nitrogens with two attached hydrogens (primary N) is 1. The Balaban J connectivity index is 1.55. The van der Waals surface area contributed by atoms with Gasteiger partial charge in [-0.05, 0) is 67.8 Å². The molecule has 4 bridgehead atoms. The first-order chi connectivity index (χ1) is 9.23. The third-order valence-corrected chi connectivity index (χ3v) is 5.94. The van der Waals surface area contributed by atoms with E-state index in [2.05, 4.69) is 9.97 Å². The fraction of sp³-hybridized carbons (Fsp3) is 0.750. The van der Waals surface area contributed by atoms with Crippen LogP contribution in [0.2, 0.25) is 0 Å². The number of hydrogen-bond acceptors (Lipinski definition) is 3. The van der Waals surface area contributed by atoms with Crippen LogP contribution in [0.4, 0.5) is 0 Å². The zero-order valence-corrected chi connectivity index (χ0v) is 11.5. The van der Waals surface area contributed by atoms with Gasteiger partial charge in [0.15, 0.2) is 0 Å². The number of hydrogen-bond donors (Lipinski definition) is 1. The van der Waals surface area contributed by atoms with Crippen molar-refractivity contribution >= 4 is 0 Å². The van der Waals surface area contributed by atoms with Crippen LogP contribution in [0.1, 0.15) is 44.2 Å². The van der Waals surface area contributed by atoms with Gasteiger partial charge >= 0.3 is 0 Å². The van der Waals surface area contributed by atoms with Gasteiger partial charge in [-0.15, -0.1) is 0 Å². The zero-order valence-electron chi connectivity index (χ0n) is 11.5. The van der Waals surface area contributed by atoms with Gasteiger partial charge in [-0.25, -0.2) is 9.97 Å². The Morgan fingerprint density at radius 3 is 2.32 bits per heavy atom. The molecule has 1 heterocycles. The van der Waals surface area contributed by atoms with Crippen LogP contribution >= 0.6 is 0 Å². The van der Waals surface area contributed by atoms with Crippen LogP contribution in [0.15, 0.2) is 18.6 Å². The van der Waals surface area contributed by atoms with E-state index in [0.717, 1.165) is 29.9 Å². The predicted molar refractivity (Wildman–Crippen MR) is 74.3 cm³/mol. The van der Waals surface area contributed by atoms with Crippen molar-refractivity contribution in [2.75, 3.05) is 0 Å². The SMILES string of the molecule is NC(Cc1ccncn1)C12CC3CC(CC(C3)C1)C2. The summed E-state index contributed by atoms with van der Waals surface area (Å²) in [6, 6.07) is 2.30. The minimum absolute atomic E-state index is 0.288. The second-order valence-electron chi connectivity index (χ2n) is 7.29. The monoisotopic (exact) mass is 257 g/mol. The summed E-state index contributed by atoms with van der Waals surface area (Å²) in [5.41, 5.74) is 8.18. The quantitative estimate of drug-likeness (QED) is 0.905. The van der Waals surface area contributed by atoms with E-state index in [-0.39, 0.29) is 6.04 Å². The second-order valence-corrected chi connectivity index (χ2v) is 7.29. The molecule has 102 valence electrons. The lowest BCUT2D eigenvalue weighted by Crippen LogP contribution is -2.55. The van der Waals surface area contributed by atoms with Crippen LogP contribution in [0.25, 0.3) is 0 Å². The molecule has 1 aromatic rings.